The van der Waals surface area contributed by atoms with E-state index in [4.69, 9.17) is 0 Å². The van der Waals surface area contributed by atoms with Crippen molar-refractivity contribution in [1.29, 1.82) is 0 Å². The Labute approximate surface area is 171 Å². The number of benzene rings is 2. The summed E-state index contributed by atoms with van der Waals surface area (Å²) in [5.74, 6) is -0.798. The Hall–Kier alpha value is -2.16. The van der Waals surface area contributed by atoms with Crippen LogP contribution in [-0.2, 0) is 10.0 Å². The fraction of sp³-hybridized carbons (Fsp3) is 0.316. The van der Waals surface area contributed by atoms with Gasteiger partial charge in [-0.15, -0.1) is 12.4 Å². The lowest BCUT2D eigenvalue weighted by Gasteiger charge is -2.12. The van der Waals surface area contributed by atoms with Crippen LogP contribution in [0.15, 0.2) is 47.4 Å². The minimum Gasteiger partial charge on any atom is -0.351 e. The van der Waals surface area contributed by atoms with Crippen LogP contribution >= 0.6 is 12.4 Å². The van der Waals surface area contributed by atoms with Crippen LogP contribution < -0.4 is 15.4 Å². The number of carbonyl (C=O) groups is 1. The summed E-state index contributed by atoms with van der Waals surface area (Å²) in [6, 6.07) is 9.52. The maximum absolute atomic E-state index is 13.0. The second kappa shape index (κ2) is 11.0. The normalized spacial score (nSPS) is 10.8. The highest BCUT2D eigenvalue weighted by Gasteiger charge is 2.19. The van der Waals surface area contributed by atoms with E-state index in [1.165, 1.54) is 30.3 Å². The van der Waals surface area contributed by atoms with Crippen LogP contribution in [-0.4, -0.2) is 34.0 Å². The van der Waals surface area contributed by atoms with Crippen molar-refractivity contribution in [3.05, 3.63) is 59.4 Å². The molecule has 1 amide bonds. The molecule has 0 radical (unpaired) electrons. The van der Waals surface area contributed by atoms with Gasteiger partial charge >= 0.3 is 0 Å². The van der Waals surface area contributed by atoms with Gasteiger partial charge in [-0.1, -0.05) is 13.0 Å². The Bertz CT molecular complexity index is 890. The van der Waals surface area contributed by atoms with E-state index in [0.717, 1.165) is 13.0 Å². The molecule has 0 heterocycles. The molecule has 0 saturated carbocycles. The number of anilines is 1. The van der Waals surface area contributed by atoms with Gasteiger partial charge in [-0.2, -0.15) is 0 Å². The largest absolute Gasteiger partial charge is 0.351 e. The molecule has 0 bridgehead atoms. The van der Waals surface area contributed by atoms with Gasteiger partial charge in [0.05, 0.1) is 4.90 Å². The van der Waals surface area contributed by atoms with Crippen molar-refractivity contribution in [2.45, 2.75) is 25.2 Å². The van der Waals surface area contributed by atoms with Gasteiger partial charge in [-0.3, -0.25) is 9.52 Å². The first-order chi connectivity index (χ1) is 12.8. The minimum atomic E-state index is -3.91. The van der Waals surface area contributed by atoms with E-state index in [2.05, 4.69) is 22.3 Å². The van der Waals surface area contributed by atoms with Crippen molar-refractivity contribution in [2.75, 3.05) is 24.4 Å². The third-order valence-electron chi connectivity index (χ3n) is 3.85. The number of hydrogen-bond donors (Lipinski definition) is 3. The molecule has 154 valence electrons. The van der Waals surface area contributed by atoms with Crippen molar-refractivity contribution in [3.63, 3.8) is 0 Å². The molecule has 0 spiro atoms. The van der Waals surface area contributed by atoms with Crippen LogP contribution in [0.2, 0.25) is 0 Å². The Morgan fingerprint density at radius 1 is 1.04 bits per heavy atom. The number of halogens is 2. The quantitative estimate of drug-likeness (QED) is 0.534. The third kappa shape index (κ3) is 6.78. The van der Waals surface area contributed by atoms with Crippen molar-refractivity contribution >= 4 is 34.0 Å². The van der Waals surface area contributed by atoms with Crippen molar-refractivity contribution in [3.8, 4) is 0 Å². The maximum atomic E-state index is 13.0. The fourth-order valence-electron chi connectivity index (χ4n) is 2.43. The van der Waals surface area contributed by atoms with Gasteiger partial charge in [-0.25, -0.2) is 12.8 Å². The molecule has 2 rings (SSSR count). The topological polar surface area (TPSA) is 87.3 Å². The van der Waals surface area contributed by atoms with Gasteiger partial charge in [0.1, 0.15) is 5.82 Å². The summed E-state index contributed by atoms with van der Waals surface area (Å²) in [4.78, 5) is 12.3. The zero-order chi connectivity index (χ0) is 19.9. The predicted octanol–water partition coefficient (Wildman–Crippen LogP) is 3.09. The standard InChI is InChI=1S/C19H24FN3O3S.ClH/c1-3-10-21-11-12-22-19(24)15-5-4-14(2)18(13-15)27(25,26)23-17-8-6-16(20)7-9-17;/h4-9,13,21,23H,3,10-12H2,1-2H3,(H,22,24);1H. The number of carbonyl (C=O) groups excluding carboxylic acids is 1. The Kier molecular flexibility index (Phi) is 9.37. The SMILES string of the molecule is CCCNCCNC(=O)c1ccc(C)c(S(=O)(=O)Nc2ccc(F)cc2)c1.Cl. The molecule has 6 nitrogen and oxygen atoms in total. The fourth-order valence-corrected chi connectivity index (χ4v) is 3.76. The predicted molar refractivity (Wildman–Crippen MR) is 111 cm³/mol. The highest BCUT2D eigenvalue weighted by molar-refractivity contribution is 7.92. The van der Waals surface area contributed by atoms with E-state index in [1.807, 2.05) is 0 Å². The molecule has 0 atom stereocenters. The lowest BCUT2D eigenvalue weighted by atomic mass is 10.1. The van der Waals surface area contributed by atoms with Crippen LogP contribution in [0.3, 0.4) is 0 Å². The summed E-state index contributed by atoms with van der Waals surface area (Å²) in [6.07, 6.45) is 1.01. The molecule has 2 aromatic carbocycles. The van der Waals surface area contributed by atoms with Crippen LogP contribution in [0.1, 0.15) is 29.3 Å². The molecule has 0 aliphatic carbocycles. The molecule has 0 aliphatic heterocycles. The lowest BCUT2D eigenvalue weighted by Crippen LogP contribution is -2.32. The number of amides is 1. The Morgan fingerprint density at radius 2 is 1.71 bits per heavy atom. The Balaban J connectivity index is 0.00000392. The van der Waals surface area contributed by atoms with E-state index in [-0.39, 0.29) is 34.5 Å². The number of aryl methyl sites for hydroxylation is 1. The molecule has 0 aromatic heterocycles. The molecule has 0 aliphatic rings. The average molecular weight is 430 g/mol. The summed E-state index contributed by atoms with van der Waals surface area (Å²) in [5.41, 5.74) is 1.01. The highest BCUT2D eigenvalue weighted by Crippen LogP contribution is 2.21. The van der Waals surface area contributed by atoms with Gasteiger partial charge in [0.25, 0.3) is 15.9 Å². The van der Waals surface area contributed by atoms with Gasteiger partial charge < -0.3 is 10.6 Å². The van der Waals surface area contributed by atoms with Crippen molar-refractivity contribution in [2.24, 2.45) is 0 Å². The number of sulfonamides is 1. The first-order valence-corrected chi connectivity index (χ1v) is 10.2. The second-order valence-electron chi connectivity index (χ2n) is 6.10. The molecular formula is C19H25ClFN3O3S. The monoisotopic (exact) mass is 429 g/mol. The first-order valence-electron chi connectivity index (χ1n) is 8.71. The number of rotatable bonds is 9. The van der Waals surface area contributed by atoms with E-state index in [9.17, 15) is 17.6 Å². The van der Waals surface area contributed by atoms with Crippen molar-refractivity contribution in [1.82, 2.24) is 10.6 Å². The first kappa shape index (κ1) is 23.9. The smallest absolute Gasteiger partial charge is 0.262 e. The van der Waals surface area contributed by atoms with Gasteiger partial charge in [-0.05, 0) is 61.9 Å². The van der Waals surface area contributed by atoms with Gasteiger partial charge in [0, 0.05) is 24.3 Å². The van der Waals surface area contributed by atoms with Crippen LogP contribution in [0, 0.1) is 12.7 Å². The van der Waals surface area contributed by atoms with E-state index in [1.54, 1.807) is 19.1 Å². The summed E-state index contributed by atoms with van der Waals surface area (Å²) in [7, 11) is -3.91. The second-order valence-corrected chi connectivity index (χ2v) is 7.75. The third-order valence-corrected chi connectivity index (χ3v) is 5.37. The molecule has 9 heteroatoms. The summed E-state index contributed by atoms with van der Waals surface area (Å²) in [5, 5.41) is 5.92. The maximum Gasteiger partial charge on any atom is 0.262 e. The molecule has 2 aromatic rings. The molecule has 0 saturated heterocycles. The highest BCUT2D eigenvalue weighted by atomic mass is 35.5. The molecule has 3 N–H and O–H groups in total. The lowest BCUT2D eigenvalue weighted by molar-refractivity contribution is 0.0953. The molecule has 0 unspecified atom stereocenters. The molecular weight excluding hydrogens is 405 g/mol. The number of nitrogens with one attached hydrogen (secondary N) is 3. The van der Waals surface area contributed by atoms with Gasteiger partial charge in [0.15, 0.2) is 0 Å². The van der Waals surface area contributed by atoms with Gasteiger partial charge in [0.2, 0.25) is 0 Å². The number of hydrogen-bond acceptors (Lipinski definition) is 4. The molecule has 28 heavy (non-hydrogen) atoms. The molecule has 0 fully saturated rings. The summed E-state index contributed by atoms with van der Waals surface area (Å²) in [6.45, 7) is 5.67. The Morgan fingerprint density at radius 3 is 2.36 bits per heavy atom. The average Bonchev–Trinajstić information content (AvgIpc) is 2.63. The zero-order valence-electron chi connectivity index (χ0n) is 15.8. The minimum absolute atomic E-state index is 0. The zero-order valence-corrected chi connectivity index (χ0v) is 17.4. The van der Waals surface area contributed by atoms with Crippen molar-refractivity contribution < 1.29 is 17.6 Å². The van der Waals surface area contributed by atoms with E-state index >= 15 is 0 Å². The van der Waals surface area contributed by atoms with Crippen LogP contribution in [0.4, 0.5) is 10.1 Å². The van der Waals surface area contributed by atoms with Crippen LogP contribution in [0.5, 0.6) is 0 Å². The van der Waals surface area contributed by atoms with Crippen LogP contribution in [0.25, 0.3) is 0 Å². The summed E-state index contributed by atoms with van der Waals surface area (Å²) < 4.78 is 40.7. The summed E-state index contributed by atoms with van der Waals surface area (Å²) >= 11 is 0. The van der Waals surface area contributed by atoms with E-state index < -0.39 is 15.8 Å². The van der Waals surface area contributed by atoms with E-state index in [0.29, 0.717) is 18.7 Å².